The second kappa shape index (κ2) is 7.23. The summed E-state index contributed by atoms with van der Waals surface area (Å²) in [6.07, 6.45) is 0. The monoisotopic (exact) mass is 409 g/mol. The van der Waals surface area contributed by atoms with E-state index in [1.807, 2.05) is 36.1 Å². The second-order valence-corrected chi connectivity index (χ2v) is 6.70. The molecule has 0 spiro atoms. The number of aryl methyl sites for hydroxylation is 1. The summed E-state index contributed by atoms with van der Waals surface area (Å²) in [7, 11) is 0. The van der Waals surface area contributed by atoms with Crippen molar-refractivity contribution in [2.75, 3.05) is 6.54 Å². The van der Waals surface area contributed by atoms with Crippen LogP contribution in [0.15, 0.2) is 51.4 Å². The number of halogens is 2. The number of carbonyl (C=O) groups excluding carboxylic acids is 1. The minimum atomic E-state index is 0.0344. The van der Waals surface area contributed by atoms with Crippen molar-refractivity contribution >= 4 is 37.8 Å². The third kappa shape index (κ3) is 4.17. The molecule has 0 aliphatic rings. The number of hydrogen-bond acceptors (Lipinski definition) is 1. The van der Waals surface area contributed by atoms with Crippen molar-refractivity contribution in [3.05, 3.63) is 68.1 Å². The van der Waals surface area contributed by atoms with Gasteiger partial charge >= 0.3 is 0 Å². The highest BCUT2D eigenvalue weighted by Crippen LogP contribution is 2.23. The Morgan fingerprint density at radius 2 is 1.90 bits per heavy atom. The minimum absolute atomic E-state index is 0.0344. The summed E-state index contributed by atoms with van der Waals surface area (Å²) in [5, 5.41) is 0. The molecule has 2 rings (SSSR count). The number of nitrogens with zero attached hydrogens (tertiary/aromatic N) is 1. The van der Waals surface area contributed by atoms with Gasteiger partial charge in [0.2, 0.25) is 0 Å². The lowest BCUT2D eigenvalue weighted by Gasteiger charge is -2.22. The van der Waals surface area contributed by atoms with Crippen LogP contribution in [0.2, 0.25) is 0 Å². The molecule has 1 amide bonds. The fourth-order valence-corrected chi connectivity index (χ4v) is 2.97. The summed E-state index contributed by atoms with van der Waals surface area (Å²) >= 11 is 6.88. The molecule has 4 heteroatoms. The van der Waals surface area contributed by atoms with Gasteiger partial charge in [0.05, 0.1) is 5.56 Å². The van der Waals surface area contributed by atoms with E-state index in [-0.39, 0.29) is 5.91 Å². The topological polar surface area (TPSA) is 20.3 Å². The summed E-state index contributed by atoms with van der Waals surface area (Å²) < 4.78 is 1.72. The van der Waals surface area contributed by atoms with E-state index >= 15 is 0 Å². The molecule has 0 heterocycles. The maximum atomic E-state index is 12.7. The fraction of sp³-hybridized carbons (Fsp3) is 0.235. The quantitative estimate of drug-likeness (QED) is 0.679. The van der Waals surface area contributed by atoms with Crippen LogP contribution < -0.4 is 0 Å². The number of benzene rings is 2. The number of rotatable bonds is 4. The summed E-state index contributed by atoms with van der Waals surface area (Å²) in [5.41, 5.74) is 3.04. The van der Waals surface area contributed by atoms with Gasteiger partial charge in [-0.3, -0.25) is 4.79 Å². The van der Waals surface area contributed by atoms with Crippen molar-refractivity contribution in [3.8, 4) is 0 Å². The molecule has 0 saturated heterocycles. The predicted molar refractivity (Wildman–Crippen MR) is 93.4 cm³/mol. The Hall–Kier alpha value is -1.13. The van der Waals surface area contributed by atoms with E-state index in [9.17, 15) is 4.79 Å². The molecule has 0 N–H and O–H groups in total. The highest BCUT2D eigenvalue weighted by Gasteiger charge is 2.17. The fourth-order valence-electron chi connectivity index (χ4n) is 2.19. The molecule has 110 valence electrons. The SMILES string of the molecule is CCN(Cc1cccc(C)c1)C(=O)c1cc(Br)ccc1Br. The molecule has 0 atom stereocenters. The molecule has 0 fully saturated rings. The summed E-state index contributed by atoms with van der Waals surface area (Å²) in [6.45, 7) is 5.35. The van der Waals surface area contributed by atoms with Crippen molar-refractivity contribution in [3.63, 3.8) is 0 Å². The Bertz CT molecular complexity index is 655. The Kier molecular flexibility index (Phi) is 5.59. The number of carbonyl (C=O) groups is 1. The van der Waals surface area contributed by atoms with Crippen LogP contribution in [-0.4, -0.2) is 17.4 Å². The van der Waals surface area contributed by atoms with Crippen LogP contribution in [0.3, 0.4) is 0 Å². The van der Waals surface area contributed by atoms with Gasteiger partial charge in [-0.1, -0.05) is 45.8 Å². The first-order chi connectivity index (χ1) is 10.0. The average molecular weight is 411 g/mol. The molecular formula is C17H17Br2NO. The van der Waals surface area contributed by atoms with E-state index in [1.165, 1.54) is 5.56 Å². The van der Waals surface area contributed by atoms with E-state index in [0.717, 1.165) is 14.5 Å². The first-order valence-corrected chi connectivity index (χ1v) is 8.39. The lowest BCUT2D eigenvalue weighted by molar-refractivity contribution is 0.0751. The smallest absolute Gasteiger partial charge is 0.255 e. The first-order valence-electron chi connectivity index (χ1n) is 6.81. The molecule has 0 bridgehead atoms. The van der Waals surface area contributed by atoms with Crippen LogP contribution in [0.5, 0.6) is 0 Å². The van der Waals surface area contributed by atoms with E-state index in [4.69, 9.17) is 0 Å². The summed E-state index contributed by atoms with van der Waals surface area (Å²) in [6, 6.07) is 13.9. The van der Waals surface area contributed by atoms with Crippen LogP contribution in [-0.2, 0) is 6.54 Å². The van der Waals surface area contributed by atoms with Crippen molar-refractivity contribution in [1.82, 2.24) is 4.90 Å². The highest BCUT2D eigenvalue weighted by molar-refractivity contribution is 9.11. The van der Waals surface area contributed by atoms with Crippen molar-refractivity contribution in [1.29, 1.82) is 0 Å². The third-order valence-corrected chi connectivity index (χ3v) is 4.47. The molecule has 2 aromatic carbocycles. The maximum absolute atomic E-state index is 12.7. The van der Waals surface area contributed by atoms with Crippen LogP contribution >= 0.6 is 31.9 Å². The zero-order valence-electron chi connectivity index (χ0n) is 12.1. The van der Waals surface area contributed by atoms with Gasteiger partial charge < -0.3 is 4.90 Å². The Morgan fingerprint density at radius 3 is 2.57 bits per heavy atom. The van der Waals surface area contributed by atoms with Crippen molar-refractivity contribution < 1.29 is 4.79 Å². The van der Waals surface area contributed by atoms with Gasteiger partial charge in [-0.05, 0) is 53.5 Å². The lowest BCUT2D eigenvalue weighted by Crippen LogP contribution is -2.30. The standard InChI is InChI=1S/C17H17Br2NO/c1-3-20(11-13-6-4-5-12(2)9-13)17(21)15-10-14(18)7-8-16(15)19/h4-10H,3,11H2,1-2H3. The Labute approximate surface area is 142 Å². The van der Waals surface area contributed by atoms with E-state index in [1.54, 1.807) is 0 Å². The van der Waals surface area contributed by atoms with Crippen molar-refractivity contribution in [2.24, 2.45) is 0 Å². The number of hydrogen-bond donors (Lipinski definition) is 0. The molecule has 0 aliphatic heterocycles. The molecule has 0 aromatic heterocycles. The van der Waals surface area contributed by atoms with E-state index < -0.39 is 0 Å². The first kappa shape index (κ1) is 16.2. The van der Waals surface area contributed by atoms with Gasteiger partial charge in [0, 0.05) is 22.0 Å². The summed E-state index contributed by atoms with van der Waals surface area (Å²) in [5.74, 6) is 0.0344. The molecule has 0 unspecified atom stereocenters. The Morgan fingerprint density at radius 1 is 1.14 bits per heavy atom. The van der Waals surface area contributed by atoms with Gasteiger partial charge in [-0.15, -0.1) is 0 Å². The molecule has 0 saturated carbocycles. The third-order valence-electron chi connectivity index (χ3n) is 3.28. The second-order valence-electron chi connectivity index (χ2n) is 4.93. The molecular weight excluding hydrogens is 394 g/mol. The zero-order valence-corrected chi connectivity index (χ0v) is 15.2. The van der Waals surface area contributed by atoms with Crippen LogP contribution in [0.1, 0.15) is 28.4 Å². The highest BCUT2D eigenvalue weighted by atomic mass is 79.9. The molecule has 0 aliphatic carbocycles. The lowest BCUT2D eigenvalue weighted by atomic mass is 10.1. The molecule has 2 nitrogen and oxygen atoms in total. The van der Waals surface area contributed by atoms with Gasteiger partial charge in [-0.2, -0.15) is 0 Å². The van der Waals surface area contributed by atoms with Gasteiger partial charge in [-0.25, -0.2) is 0 Å². The van der Waals surface area contributed by atoms with Gasteiger partial charge in [0.1, 0.15) is 0 Å². The van der Waals surface area contributed by atoms with E-state index in [2.05, 4.69) is 57.0 Å². The minimum Gasteiger partial charge on any atom is -0.335 e. The van der Waals surface area contributed by atoms with E-state index in [0.29, 0.717) is 18.7 Å². The van der Waals surface area contributed by atoms with Gasteiger partial charge in [0.15, 0.2) is 0 Å². The maximum Gasteiger partial charge on any atom is 0.255 e. The van der Waals surface area contributed by atoms with Crippen LogP contribution in [0.4, 0.5) is 0 Å². The molecule has 0 radical (unpaired) electrons. The predicted octanol–water partition coefficient (Wildman–Crippen LogP) is 5.18. The zero-order chi connectivity index (χ0) is 15.4. The normalized spacial score (nSPS) is 10.5. The molecule has 21 heavy (non-hydrogen) atoms. The summed E-state index contributed by atoms with van der Waals surface area (Å²) in [4.78, 5) is 14.6. The Balaban J connectivity index is 2.24. The van der Waals surface area contributed by atoms with Crippen molar-refractivity contribution in [2.45, 2.75) is 20.4 Å². The number of amides is 1. The molecule has 2 aromatic rings. The largest absolute Gasteiger partial charge is 0.335 e. The van der Waals surface area contributed by atoms with Gasteiger partial charge in [0.25, 0.3) is 5.91 Å². The van der Waals surface area contributed by atoms with Crippen LogP contribution in [0.25, 0.3) is 0 Å². The van der Waals surface area contributed by atoms with Crippen LogP contribution in [0, 0.1) is 6.92 Å². The average Bonchev–Trinajstić information content (AvgIpc) is 2.46.